The molecular formula is C32H34F6N4O7. The second-order valence-corrected chi connectivity index (χ2v) is 11.5. The Kier molecular flexibility index (Phi) is 12.2. The standard InChI is InChI=1S/C32H34F6N4O7/c1-7-9-16-30(32(36,37)38,45-18-20-14-11-10-12-15-20)26-42-41-25(48-26)23-22(47-27(43)40-28(44)49-29(4,5)6)17-21(31(33,34)35)24(39-23)46-19(3)13-8-2/h7-8,10-12,14-15,17,19H,1-2,9,13,16,18H2,3-6H3,(H,40,43,44)/t19?,30-/m1/s1. The van der Waals surface area contributed by atoms with Crippen LogP contribution in [0.1, 0.15) is 64.0 Å². The Balaban J connectivity index is 2.20. The third-order valence-electron chi connectivity index (χ3n) is 6.33. The summed E-state index contributed by atoms with van der Waals surface area (Å²) >= 11 is 0. The lowest BCUT2D eigenvalue weighted by molar-refractivity contribution is -0.299. The molecule has 2 aromatic heterocycles. The molecule has 2 atom stereocenters. The molecule has 0 aliphatic heterocycles. The van der Waals surface area contributed by atoms with Crippen LogP contribution in [0, 0.1) is 0 Å². The summed E-state index contributed by atoms with van der Waals surface area (Å²) in [6.07, 6.45) is -12.5. The van der Waals surface area contributed by atoms with Gasteiger partial charge in [0.25, 0.3) is 11.8 Å². The van der Waals surface area contributed by atoms with Crippen LogP contribution in [-0.2, 0) is 27.9 Å². The highest BCUT2D eigenvalue weighted by molar-refractivity contribution is 5.89. The molecule has 2 amide bonds. The Morgan fingerprint density at radius 3 is 2.24 bits per heavy atom. The van der Waals surface area contributed by atoms with E-state index in [0.717, 1.165) is 0 Å². The maximum absolute atomic E-state index is 14.9. The zero-order chi connectivity index (χ0) is 36.6. The predicted octanol–water partition coefficient (Wildman–Crippen LogP) is 8.46. The van der Waals surface area contributed by atoms with Gasteiger partial charge in [-0.1, -0.05) is 42.5 Å². The molecule has 49 heavy (non-hydrogen) atoms. The van der Waals surface area contributed by atoms with E-state index < -0.39 is 89.5 Å². The quantitative estimate of drug-likeness (QED) is 0.137. The number of alkyl carbamates (subject to hydrolysis) is 1. The van der Waals surface area contributed by atoms with Crippen LogP contribution in [-0.4, -0.2) is 45.2 Å². The third kappa shape index (κ3) is 10.3. The number of carbonyl (C=O) groups excluding carboxylic acids is 2. The average Bonchev–Trinajstić information content (AvgIpc) is 3.46. The van der Waals surface area contributed by atoms with Gasteiger partial charge in [-0.25, -0.2) is 19.9 Å². The number of alkyl halides is 6. The molecule has 0 fully saturated rings. The number of nitrogens with one attached hydrogen (secondary N) is 1. The van der Waals surface area contributed by atoms with Gasteiger partial charge in [-0.3, -0.25) is 0 Å². The van der Waals surface area contributed by atoms with Crippen molar-refractivity contribution in [3.8, 4) is 23.2 Å². The fourth-order valence-corrected chi connectivity index (χ4v) is 4.14. The number of amides is 2. The predicted molar refractivity (Wildman–Crippen MR) is 161 cm³/mol. The SMILES string of the molecule is C=CCC[C@@](OCc1ccccc1)(c1nnc(-c2nc(OC(C)CC=C)c(C(F)(F)F)cc2OC(=O)NC(=O)OC(C)(C)C)o1)C(F)(F)F. The monoisotopic (exact) mass is 700 g/mol. The molecule has 3 rings (SSSR count). The minimum Gasteiger partial charge on any atom is -0.474 e. The van der Waals surface area contributed by atoms with Gasteiger partial charge in [0.1, 0.15) is 17.3 Å². The van der Waals surface area contributed by atoms with Crippen LogP contribution in [0.15, 0.2) is 66.1 Å². The van der Waals surface area contributed by atoms with Gasteiger partial charge < -0.3 is 23.4 Å². The number of rotatable bonds is 13. The number of benzene rings is 1. The first-order chi connectivity index (χ1) is 22.8. The highest BCUT2D eigenvalue weighted by Gasteiger charge is 2.61. The maximum atomic E-state index is 14.9. The molecular weight excluding hydrogens is 666 g/mol. The number of ether oxygens (including phenoxy) is 4. The van der Waals surface area contributed by atoms with Gasteiger partial charge in [-0.2, -0.15) is 26.3 Å². The number of aromatic nitrogens is 3. The largest absolute Gasteiger partial charge is 0.474 e. The van der Waals surface area contributed by atoms with Crippen LogP contribution in [0.3, 0.4) is 0 Å². The molecule has 0 saturated carbocycles. The molecule has 0 radical (unpaired) electrons. The van der Waals surface area contributed by atoms with E-state index in [1.54, 1.807) is 23.5 Å². The Morgan fingerprint density at radius 2 is 1.67 bits per heavy atom. The topological polar surface area (TPSA) is 135 Å². The lowest BCUT2D eigenvalue weighted by Gasteiger charge is -2.32. The van der Waals surface area contributed by atoms with Crippen molar-refractivity contribution in [2.24, 2.45) is 0 Å². The van der Waals surface area contributed by atoms with Crippen molar-refractivity contribution in [2.75, 3.05) is 0 Å². The van der Waals surface area contributed by atoms with E-state index >= 15 is 0 Å². The van der Waals surface area contributed by atoms with Gasteiger partial charge in [-0.15, -0.1) is 23.4 Å². The number of hydrogen-bond donors (Lipinski definition) is 1. The summed E-state index contributed by atoms with van der Waals surface area (Å²) in [6, 6.07) is 8.19. The lowest BCUT2D eigenvalue weighted by Crippen LogP contribution is -2.45. The lowest BCUT2D eigenvalue weighted by atomic mass is 9.96. The molecule has 17 heteroatoms. The van der Waals surface area contributed by atoms with Crippen LogP contribution >= 0.6 is 0 Å². The molecule has 1 N–H and O–H groups in total. The van der Waals surface area contributed by atoms with E-state index in [9.17, 15) is 35.9 Å². The van der Waals surface area contributed by atoms with Gasteiger partial charge in [0.05, 0.1) is 6.61 Å². The molecule has 1 unspecified atom stereocenters. The smallest absolute Gasteiger partial charge is 0.426 e. The molecule has 0 aliphatic rings. The van der Waals surface area contributed by atoms with Crippen LogP contribution < -0.4 is 14.8 Å². The normalized spacial score (nSPS) is 13.9. The number of pyridine rings is 1. The van der Waals surface area contributed by atoms with Gasteiger partial charge in [0.2, 0.25) is 11.5 Å². The van der Waals surface area contributed by atoms with E-state index in [0.29, 0.717) is 5.56 Å². The van der Waals surface area contributed by atoms with E-state index in [-0.39, 0.29) is 18.9 Å². The molecule has 3 aromatic rings. The number of allylic oxidation sites excluding steroid dienone is 1. The first-order valence-electron chi connectivity index (χ1n) is 14.6. The van der Waals surface area contributed by atoms with Crippen molar-refractivity contribution in [2.45, 2.75) is 83.2 Å². The molecule has 0 aliphatic carbocycles. The van der Waals surface area contributed by atoms with Crippen molar-refractivity contribution in [1.82, 2.24) is 20.5 Å². The van der Waals surface area contributed by atoms with Crippen LogP contribution in [0.5, 0.6) is 11.6 Å². The molecule has 0 saturated heterocycles. The van der Waals surface area contributed by atoms with E-state index in [1.807, 2.05) is 0 Å². The summed E-state index contributed by atoms with van der Waals surface area (Å²) in [5, 5.41) is 8.84. The molecule has 2 heterocycles. The van der Waals surface area contributed by atoms with Crippen molar-refractivity contribution in [3.63, 3.8) is 0 Å². The van der Waals surface area contributed by atoms with E-state index in [1.165, 1.54) is 52.0 Å². The van der Waals surface area contributed by atoms with Gasteiger partial charge in [0, 0.05) is 12.5 Å². The summed E-state index contributed by atoms with van der Waals surface area (Å²) in [7, 11) is 0. The third-order valence-corrected chi connectivity index (χ3v) is 6.33. The number of carbonyl (C=O) groups is 2. The molecule has 0 spiro atoms. The first-order valence-corrected chi connectivity index (χ1v) is 14.6. The maximum Gasteiger partial charge on any atom is 0.426 e. The van der Waals surface area contributed by atoms with Crippen molar-refractivity contribution in [3.05, 3.63) is 78.7 Å². The average molecular weight is 701 g/mol. The van der Waals surface area contributed by atoms with Crippen molar-refractivity contribution >= 4 is 12.2 Å². The van der Waals surface area contributed by atoms with Crippen molar-refractivity contribution in [1.29, 1.82) is 0 Å². The zero-order valence-electron chi connectivity index (χ0n) is 26.9. The zero-order valence-corrected chi connectivity index (χ0v) is 26.9. The summed E-state index contributed by atoms with van der Waals surface area (Å²) in [5.41, 5.74) is -6.27. The van der Waals surface area contributed by atoms with Gasteiger partial charge >= 0.3 is 24.5 Å². The number of nitrogens with zero attached hydrogens (tertiary/aromatic N) is 3. The Hall–Kier alpha value is -4.93. The Labute approximate surface area is 277 Å². The van der Waals surface area contributed by atoms with Crippen LogP contribution in [0.2, 0.25) is 0 Å². The second-order valence-electron chi connectivity index (χ2n) is 11.5. The van der Waals surface area contributed by atoms with E-state index in [4.69, 9.17) is 23.4 Å². The Morgan fingerprint density at radius 1 is 1.00 bits per heavy atom. The highest BCUT2D eigenvalue weighted by Crippen LogP contribution is 2.47. The van der Waals surface area contributed by atoms with Crippen molar-refractivity contribution < 1.29 is 59.3 Å². The number of hydrogen-bond acceptors (Lipinski definition) is 10. The molecule has 1 aromatic carbocycles. The second kappa shape index (κ2) is 15.5. The summed E-state index contributed by atoms with van der Waals surface area (Å²) in [5.74, 6) is -4.10. The Bertz CT molecular complexity index is 1620. The van der Waals surface area contributed by atoms with Crippen LogP contribution in [0.4, 0.5) is 35.9 Å². The van der Waals surface area contributed by atoms with Gasteiger partial charge in [0.15, 0.2) is 11.4 Å². The van der Waals surface area contributed by atoms with Gasteiger partial charge in [-0.05, 0) is 46.1 Å². The van der Waals surface area contributed by atoms with Crippen LogP contribution in [0.25, 0.3) is 11.6 Å². The van der Waals surface area contributed by atoms with E-state index in [2.05, 4.69) is 28.3 Å². The summed E-state index contributed by atoms with van der Waals surface area (Å²) < 4.78 is 113. The highest BCUT2D eigenvalue weighted by atomic mass is 19.4. The molecule has 266 valence electrons. The summed E-state index contributed by atoms with van der Waals surface area (Å²) in [6.45, 7) is 12.3. The molecule has 11 nitrogen and oxygen atoms in total. The first kappa shape index (κ1) is 38.5. The number of halogens is 6. The summed E-state index contributed by atoms with van der Waals surface area (Å²) in [4.78, 5) is 28.5. The fourth-order valence-electron chi connectivity index (χ4n) is 4.14. The fraction of sp³-hybridized carbons (Fsp3) is 0.406. The number of imide groups is 1. The molecule has 0 bridgehead atoms. The minimum atomic E-state index is -5.16. The minimum absolute atomic E-state index is 0.0751.